The highest BCUT2D eigenvalue weighted by Crippen LogP contribution is 2.31. The molecule has 73 heavy (non-hydrogen) atoms. The zero-order valence-corrected chi connectivity index (χ0v) is 41.5. The Morgan fingerprint density at radius 2 is 1.04 bits per heavy atom. The number of halogens is 1. The number of aryl methyl sites for hydroxylation is 2. The first-order chi connectivity index (χ1) is 35.5. The third-order valence-corrected chi connectivity index (χ3v) is 13.8. The van der Waals surface area contributed by atoms with E-state index in [-0.39, 0.29) is 5.63 Å². The first kappa shape index (κ1) is 50.2. The summed E-state index contributed by atoms with van der Waals surface area (Å²) in [6.45, 7) is 9.20. The van der Waals surface area contributed by atoms with Gasteiger partial charge in [-0.3, -0.25) is 9.80 Å². The number of nitrogens with one attached hydrogen (secondary N) is 2. The number of aromatic amines is 2. The standard InChI is InChI=1S/C28H28N4O5.C27H28ClN3O5/c1-35-28(34)36-21-6-8-22-20(18-30-24(22)15-21)4-2-3-9-31-10-12-32(13-11-31)25-16-27(33)37-26-14-19(17-29)5-7-23(25)26;1-34-27(33)35-20-6-8-21-18(17-29-23(21)15-20)4-2-3-9-30-10-12-31(13-11-30)24-16-26(32)36-25-14-19(28)5-7-22(24)25/h5-8,14-16,18,30H,2-4,9-13H2,1H3;5-8,14-17,29H,2-4,9-13H2,1H3. The minimum Gasteiger partial charge on any atom is -0.437 e. The maximum absolute atomic E-state index is 12.1. The molecule has 0 bridgehead atoms. The molecule has 0 saturated carbocycles. The number of benzene rings is 4. The normalized spacial score (nSPS) is 14.3. The molecule has 2 N–H and O–H groups in total. The number of nitriles is 1. The van der Waals surface area contributed by atoms with E-state index >= 15 is 0 Å². The molecule has 0 unspecified atom stereocenters. The van der Waals surface area contributed by atoms with Crippen LogP contribution < -0.4 is 30.5 Å². The highest BCUT2D eigenvalue weighted by Gasteiger charge is 2.22. The van der Waals surface area contributed by atoms with Gasteiger partial charge in [-0.1, -0.05) is 11.6 Å². The van der Waals surface area contributed by atoms with Crippen LogP contribution in [0, 0.1) is 11.3 Å². The van der Waals surface area contributed by atoms with Crippen molar-refractivity contribution in [3.05, 3.63) is 140 Å². The number of hydrogen-bond acceptors (Lipinski definition) is 15. The zero-order valence-electron chi connectivity index (χ0n) is 40.7. The Kier molecular flexibility index (Phi) is 15.9. The molecular weight excluding hydrogens is 954 g/mol. The molecule has 4 aromatic carbocycles. The van der Waals surface area contributed by atoms with Crippen LogP contribution in [-0.2, 0) is 22.3 Å². The fraction of sp³-hybridized carbons (Fsp3) is 0.327. The van der Waals surface area contributed by atoms with Crippen LogP contribution in [0.2, 0.25) is 5.02 Å². The van der Waals surface area contributed by atoms with Crippen LogP contribution in [0.3, 0.4) is 0 Å². The number of rotatable bonds is 14. The number of piperazine rings is 2. The van der Waals surface area contributed by atoms with E-state index in [0.717, 1.165) is 148 Å². The van der Waals surface area contributed by atoms with Gasteiger partial charge in [-0.25, -0.2) is 19.2 Å². The van der Waals surface area contributed by atoms with Gasteiger partial charge in [0.25, 0.3) is 0 Å². The molecule has 18 heteroatoms. The number of hydrogen-bond donors (Lipinski definition) is 2. The van der Waals surface area contributed by atoms with Gasteiger partial charge >= 0.3 is 23.6 Å². The Labute approximate surface area is 425 Å². The molecule has 2 saturated heterocycles. The number of fused-ring (bicyclic) bond motifs is 4. The summed E-state index contributed by atoms with van der Waals surface area (Å²) in [4.78, 5) is 62.8. The molecule has 0 radical (unpaired) electrons. The molecule has 8 aromatic rings. The van der Waals surface area contributed by atoms with E-state index in [1.165, 1.54) is 25.3 Å². The molecule has 4 aromatic heterocycles. The smallest absolute Gasteiger partial charge is 0.437 e. The molecule has 0 amide bonds. The number of carbonyl (C=O) groups is 2. The second-order valence-electron chi connectivity index (χ2n) is 18.1. The van der Waals surface area contributed by atoms with Crippen molar-refractivity contribution in [2.45, 2.75) is 38.5 Å². The molecule has 378 valence electrons. The summed E-state index contributed by atoms with van der Waals surface area (Å²) >= 11 is 6.07. The van der Waals surface area contributed by atoms with E-state index in [0.29, 0.717) is 33.3 Å². The predicted molar refractivity (Wildman–Crippen MR) is 281 cm³/mol. The van der Waals surface area contributed by atoms with E-state index in [4.69, 9.17) is 35.2 Å². The Morgan fingerprint density at radius 3 is 1.51 bits per heavy atom. The third kappa shape index (κ3) is 12.3. The quantitative estimate of drug-likeness (QED) is 0.0451. The lowest BCUT2D eigenvalue weighted by Crippen LogP contribution is -2.46. The van der Waals surface area contributed by atoms with E-state index in [2.05, 4.69) is 45.1 Å². The summed E-state index contributed by atoms with van der Waals surface area (Å²) in [6.07, 6.45) is 8.87. The summed E-state index contributed by atoms with van der Waals surface area (Å²) in [5, 5.41) is 13.7. The van der Waals surface area contributed by atoms with E-state index in [1.807, 2.05) is 48.8 Å². The fourth-order valence-corrected chi connectivity index (χ4v) is 9.89. The molecular formula is C55H56ClN7O10. The number of methoxy groups -OCH3 is 2. The van der Waals surface area contributed by atoms with Gasteiger partial charge in [-0.05, 0) is 117 Å². The SMILES string of the molecule is COC(=O)Oc1ccc2c(CCCCN3CCN(c4cc(=O)oc5cc(C#N)ccc45)CC3)c[nH]c2c1.COC(=O)Oc1ccc2c(CCCCN3CCN(c4cc(=O)oc5cc(Cl)ccc45)CC3)c[nH]c2c1. The van der Waals surface area contributed by atoms with Crippen molar-refractivity contribution in [2.75, 3.05) is 89.5 Å². The molecule has 6 heterocycles. The van der Waals surface area contributed by atoms with Crippen LogP contribution in [-0.4, -0.2) is 112 Å². The molecule has 17 nitrogen and oxygen atoms in total. The molecule has 2 aliphatic heterocycles. The molecule has 2 aliphatic rings. The highest BCUT2D eigenvalue weighted by atomic mass is 35.5. The number of nitrogens with zero attached hydrogens (tertiary/aromatic N) is 5. The van der Waals surface area contributed by atoms with Crippen molar-refractivity contribution in [3.8, 4) is 17.6 Å². The number of aromatic nitrogens is 2. The summed E-state index contributed by atoms with van der Waals surface area (Å²) < 4.78 is 30.0. The molecule has 10 rings (SSSR count). The second kappa shape index (κ2) is 23.2. The molecule has 0 atom stereocenters. The Bertz CT molecular complexity index is 3420. The summed E-state index contributed by atoms with van der Waals surface area (Å²) in [5.74, 6) is 0.901. The van der Waals surface area contributed by atoms with Crippen molar-refractivity contribution >= 4 is 79.0 Å². The first-order valence-corrected chi connectivity index (χ1v) is 24.8. The van der Waals surface area contributed by atoms with Gasteiger partial charge in [0.05, 0.1) is 37.2 Å². The minimum absolute atomic E-state index is 0.355. The number of ether oxygens (including phenoxy) is 4. The van der Waals surface area contributed by atoms with E-state index in [9.17, 15) is 19.2 Å². The van der Waals surface area contributed by atoms with Crippen molar-refractivity contribution in [1.29, 1.82) is 5.26 Å². The van der Waals surface area contributed by atoms with Crippen molar-refractivity contribution in [3.63, 3.8) is 0 Å². The van der Waals surface area contributed by atoms with Gasteiger partial charge < -0.3 is 47.5 Å². The first-order valence-electron chi connectivity index (χ1n) is 24.4. The molecule has 0 aliphatic carbocycles. The third-order valence-electron chi connectivity index (χ3n) is 13.5. The van der Waals surface area contributed by atoms with Gasteiger partial charge in [-0.15, -0.1) is 0 Å². The number of H-pyrrole nitrogens is 2. The maximum Gasteiger partial charge on any atom is 0.513 e. The van der Waals surface area contributed by atoms with Crippen LogP contribution in [0.5, 0.6) is 11.5 Å². The lowest BCUT2D eigenvalue weighted by molar-refractivity contribution is 0.120. The molecule has 0 spiro atoms. The monoisotopic (exact) mass is 1010 g/mol. The topological polar surface area (TPSA) is 200 Å². The van der Waals surface area contributed by atoms with Crippen molar-refractivity contribution in [1.82, 2.24) is 19.8 Å². The number of carbonyl (C=O) groups excluding carboxylic acids is 2. The fourth-order valence-electron chi connectivity index (χ4n) is 9.73. The summed E-state index contributed by atoms with van der Waals surface area (Å²) in [7, 11) is 2.57. The average Bonchev–Trinajstić information content (AvgIpc) is 4.01. The van der Waals surface area contributed by atoms with Crippen LogP contribution >= 0.6 is 11.6 Å². The second-order valence-corrected chi connectivity index (χ2v) is 18.5. The highest BCUT2D eigenvalue weighted by molar-refractivity contribution is 6.31. The predicted octanol–water partition coefficient (Wildman–Crippen LogP) is 9.65. The van der Waals surface area contributed by atoms with E-state index in [1.54, 1.807) is 48.5 Å². The van der Waals surface area contributed by atoms with E-state index < -0.39 is 17.9 Å². The Morgan fingerprint density at radius 1 is 0.589 bits per heavy atom. The van der Waals surface area contributed by atoms with Crippen molar-refractivity contribution in [2.24, 2.45) is 0 Å². The minimum atomic E-state index is -0.732. The average molecular weight is 1010 g/mol. The lowest BCUT2D eigenvalue weighted by atomic mass is 10.1. The Hall–Kier alpha value is -7.78. The van der Waals surface area contributed by atoms with Crippen LogP contribution in [0.4, 0.5) is 21.0 Å². The van der Waals surface area contributed by atoms with Gasteiger partial charge in [0.2, 0.25) is 0 Å². The van der Waals surface area contributed by atoms with Crippen LogP contribution in [0.1, 0.15) is 42.4 Å². The number of unbranched alkanes of at least 4 members (excludes halogenated alkanes) is 2. The zero-order chi connectivity index (χ0) is 50.8. The molecule has 2 fully saturated rings. The summed E-state index contributed by atoms with van der Waals surface area (Å²) in [5.41, 5.74) is 6.86. The lowest BCUT2D eigenvalue weighted by Gasteiger charge is -2.36. The van der Waals surface area contributed by atoms with Crippen molar-refractivity contribution < 1.29 is 37.4 Å². The Balaban J connectivity index is 0.000000180. The largest absolute Gasteiger partial charge is 0.513 e. The maximum atomic E-state index is 12.1. The van der Waals surface area contributed by atoms with Crippen LogP contribution in [0.25, 0.3) is 43.7 Å². The van der Waals surface area contributed by atoms with Crippen LogP contribution in [0.15, 0.2) is 116 Å². The number of anilines is 2. The van der Waals surface area contributed by atoms with Gasteiger partial charge in [0.15, 0.2) is 0 Å². The summed E-state index contributed by atoms with van der Waals surface area (Å²) in [6, 6.07) is 27.0. The van der Waals surface area contributed by atoms with Gasteiger partial charge in [0, 0.05) is 133 Å². The van der Waals surface area contributed by atoms with Gasteiger partial charge in [0.1, 0.15) is 22.7 Å². The van der Waals surface area contributed by atoms with Gasteiger partial charge in [-0.2, -0.15) is 5.26 Å².